The number of rotatable bonds is 4. The van der Waals surface area contributed by atoms with Crippen LogP contribution in [0.1, 0.15) is 26.2 Å². The van der Waals surface area contributed by atoms with Gasteiger partial charge in [-0.15, -0.1) is 0 Å². The van der Waals surface area contributed by atoms with Gasteiger partial charge >= 0.3 is 0 Å². The zero-order valence-corrected chi connectivity index (χ0v) is 10.2. The van der Waals surface area contributed by atoms with E-state index < -0.39 is 5.54 Å². The summed E-state index contributed by atoms with van der Waals surface area (Å²) in [5.74, 6) is 2.97. The summed E-state index contributed by atoms with van der Waals surface area (Å²) in [6, 6.07) is 0. The molecule has 0 spiro atoms. The van der Waals surface area contributed by atoms with Gasteiger partial charge in [-0.05, 0) is 49.9 Å². The first-order chi connectivity index (χ1) is 8.09. The summed E-state index contributed by atoms with van der Waals surface area (Å²) in [7, 11) is 0. The van der Waals surface area contributed by atoms with Gasteiger partial charge in [0, 0.05) is 5.92 Å². The normalized spacial score (nSPS) is 42.4. The van der Waals surface area contributed by atoms with Crippen molar-refractivity contribution >= 4 is 5.91 Å². The Labute approximate surface area is 101 Å². The molecular weight excluding hydrogens is 218 g/mol. The standard InChI is InChI=1S/C13H21NO3/c1-13(5-15,6-16)14-12(17)11-9-7-2-3-8(4-7)10(9)11/h7-11,15-16H,2-6H2,1H3,(H,14,17). The van der Waals surface area contributed by atoms with Crippen LogP contribution < -0.4 is 5.32 Å². The fourth-order valence-electron chi connectivity index (χ4n) is 4.19. The van der Waals surface area contributed by atoms with Gasteiger partial charge < -0.3 is 15.5 Å². The third-order valence-electron chi connectivity index (χ3n) is 5.16. The highest BCUT2D eigenvalue weighted by Gasteiger charge is 2.67. The van der Waals surface area contributed by atoms with Crippen molar-refractivity contribution in [2.45, 2.75) is 31.7 Å². The zero-order valence-electron chi connectivity index (χ0n) is 10.2. The first kappa shape index (κ1) is 11.5. The van der Waals surface area contributed by atoms with E-state index in [2.05, 4.69) is 5.32 Å². The molecule has 0 radical (unpaired) electrons. The molecular formula is C13H21NO3. The second kappa shape index (κ2) is 3.69. The monoisotopic (exact) mass is 239 g/mol. The van der Waals surface area contributed by atoms with Crippen molar-refractivity contribution < 1.29 is 15.0 Å². The highest BCUT2D eigenvalue weighted by atomic mass is 16.3. The molecule has 4 nitrogen and oxygen atoms in total. The maximum Gasteiger partial charge on any atom is 0.224 e. The van der Waals surface area contributed by atoms with Crippen molar-refractivity contribution in [3.8, 4) is 0 Å². The number of carbonyl (C=O) groups is 1. The number of amides is 1. The second-order valence-electron chi connectivity index (χ2n) is 6.38. The number of nitrogens with one attached hydrogen (secondary N) is 1. The Hall–Kier alpha value is -0.610. The van der Waals surface area contributed by atoms with Crippen LogP contribution in [0.2, 0.25) is 0 Å². The van der Waals surface area contributed by atoms with Crippen molar-refractivity contribution in [3.05, 3.63) is 0 Å². The summed E-state index contributed by atoms with van der Waals surface area (Å²) in [4.78, 5) is 12.1. The van der Waals surface area contributed by atoms with E-state index in [4.69, 9.17) is 0 Å². The van der Waals surface area contributed by atoms with Crippen molar-refractivity contribution in [1.29, 1.82) is 0 Å². The van der Waals surface area contributed by atoms with E-state index in [0.29, 0.717) is 11.8 Å². The SMILES string of the molecule is CC(CO)(CO)NC(=O)C1C2C3CCC(C3)C12. The molecule has 4 unspecified atom stereocenters. The molecule has 0 aliphatic heterocycles. The molecule has 0 aromatic heterocycles. The number of aliphatic hydroxyl groups is 2. The topological polar surface area (TPSA) is 69.6 Å². The Bertz CT molecular complexity index is 324. The van der Waals surface area contributed by atoms with Crippen molar-refractivity contribution in [2.24, 2.45) is 29.6 Å². The summed E-state index contributed by atoms with van der Waals surface area (Å²) in [6.07, 6.45) is 3.93. The molecule has 2 bridgehead atoms. The third-order valence-corrected chi connectivity index (χ3v) is 5.16. The van der Waals surface area contributed by atoms with Crippen LogP contribution in [0.25, 0.3) is 0 Å². The molecule has 3 rings (SSSR count). The van der Waals surface area contributed by atoms with Gasteiger partial charge in [-0.3, -0.25) is 4.79 Å². The minimum atomic E-state index is -0.868. The minimum absolute atomic E-state index is 0.0437. The molecule has 0 heterocycles. The highest BCUT2D eigenvalue weighted by molar-refractivity contribution is 5.83. The second-order valence-corrected chi connectivity index (χ2v) is 6.38. The molecule has 3 N–H and O–H groups in total. The summed E-state index contributed by atoms with van der Waals surface area (Å²) in [5.41, 5.74) is -0.868. The van der Waals surface area contributed by atoms with E-state index in [1.807, 2.05) is 0 Å². The van der Waals surface area contributed by atoms with Crippen LogP contribution in [0.15, 0.2) is 0 Å². The Kier molecular flexibility index (Phi) is 2.49. The van der Waals surface area contributed by atoms with E-state index in [1.54, 1.807) is 6.92 Å². The smallest absolute Gasteiger partial charge is 0.224 e. The van der Waals surface area contributed by atoms with Crippen LogP contribution in [-0.2, 0) is 4.79 Å². The molecule has 3 aliphatic carbocycles. The van der Waals surface area contributed by atoms with Crippen molar-refractivity contribution in [3.63, 3.8) is 0 Å². The fraction of sp³-hybridized carbons (Fsp3) is 0.923. The van der Waals surface area contributed by atoms with Crippen LogP contribution in [0.4, 0.5) is 0 Å². The van der Waals surface area contributed by atoms with Crippen molar-refractivity contribution in [2.75, 3.05) is 13.2 Å². The molecule has 3 saturated carbocycles. The maximum absolute atomic E-state index is 12.1. The summed E-state index contributed by atoms with van der Waals surface area (Å²) in [6.45, 7) is 1.24. The molecule has 3 fully saturated rings. The Balaban J connectivity index is 1.62. The first-order valence-electron chi connectivity index (χ1n) is 6.63. The van der Waals surface area contributed by atoms with E-state index in [-0.39, 0.29) is 25.0 Å². The molecule has 4 heteroatoms. The summed E-state index contributed by atoms with van der Waals surface area (Å²) in [5, 5.41) is 21.2. The van der Waals surface area contributed by atoms with E-state index >= 15 is 0 Å². The van der Waals surface area contributed by atoms with Crippen LogP contribution >= 0.6 is 0 Å². The Morgan fingerprint density at radius 1 is 1.24 bits per heavy atom. The van der Waals surface area contributed by atoms with Crippen LogP contribution in [0.5, 0.6) is 0 Å². The van der Waals surface area contributed by atoms with Crippen molar-refractivity contribution in [1.82, 2.24) is 5.32 Å². The number of fused-ring (bicyclic) bond motifs is 5. The lowest BCUT2D eigenvalue weighted by molar-refractivity contribution is -0.126. The number of aliphatic hydroxyl groups excluding tert-OH is 2. The lowest BCUT2D eigenvalue weighted by Crippen LogP contribution is -2.52. The quantitative estimate of drug-likeness (QED) is 0.653. The zero-order chi connectivity index (χ0) is 12.2. The van der Waals surface area contributed by atoms with Crippen LogP contribution in [0.3, 0.4) is 0 Å². The van der Waals surface area contributed by atoms with E-state index in [9.17, 15) is 15.0 Å². The van der Waals surface area contributed by atoms with Crippen LogP contribution in [-0.4, -0.2) is 34.9 Å². The highest BCUT2D eigenvalue weighted by Crippen LogP contribution is 2.69. The van der Waals surface area contributed by atoms with Gasteiger partial charge in [-0.25, -0.2) is 0 Å². The lowest BCUT2D eigenvalue weighted by atomic mass is 10.00. The van der Waals surface area contributed by atoms with Gasteiger partial charge in [0.1, 0.15) is 0 Å². The van der Waals surface area contributed by atoms with E-state index in [0.717, 1.165) is 11.8 Å². The van der Waals surface area contributed by atoms with Gasteiger partial charge in [0.2, 0.25) is 5.91 Å². The molecule has 17 heavy (non-hydrogen) atoms. The summed E-state index contributed by atoms with van der Waals surface area (Å²) >= 11 is 0. The average Bonchev–Trinajstić information content (AvgIpc) is 2.79. The molecule has 0 aromatic carbocycles. The predicted octanol–water partition coefficient (Wildman–Crippen LogP) is 0.138. The molecule has 0 aromatic rings. The fourth-order valence-corrected chi connectivity index (χ4v) is 4.19. The lowest BCUT2D eigenvalue weighted by Gasteiger charge is -2.26. The van der Waals surface area contributed by atoms with E-state index in [1.165, 1.54) is 19.3 Å². The summed E-state index contributed by atoms with van der Waals surface area (Å²) < 4.78 is 0. The third kappa shape index (κ3) is 1.61. The van der Waals surface area contributed by atoms with Crippen LogP contribution in [0, 0.1) is 29.6 Å². The van der Waals surface area contributed by atoms with Gasteiger partial charge in [0.25, 0.3) is 0 Å². The average molecular weight is 239 g/mol. The Morgan fingerprint density at radius 2 is 1.76 bits per heavy atom. The first-order valence-corrected chi connectivity index (χ1v) is 6.63. The van der Waals surface area contributed by atoms with Gasteiger partial charge in [-0.2, -0.15) is 0 Å². The predicted molar refractivity (Wildman–Crippen MR) is 62.0 cm³/mol. The molecule has 1 amide bonds. The molecule has 96 valence electrons. The molecule has 4 atom stereocenters. The maximum atomic E-state index is 12.1. The van der Waals surface area contributed by atoms with Gasteiger partial charge in [0.15, 0.2) is 0 Å². The molecule has 0 saturated heterocycles. The minimum Gasteiger partial charge on any atom is -0.394 e. The number of hydrogen-bond donors (Lipinski definition) is 3. The number of hydrogen-bond acceptors (Lipinski definition) is 3. The molecule has 3 aliphatic rings. The van der Waals surface area contributed by atoms with Gasteiger partial charge in [-0.1, -0.05) is 0 Å². The Morgan fingerprint density at radius 3 is 2.24 bits per heavy atom. The largest absolute Gasteiger partial charge is 0.394 e. The van der Waals surface area contributed by atoms with Gasteiger partial charge in [0.05, 0.1) is 18.8 Å². The number of carbonyl (C=O) groups excluding carboxylic acids is 1.